The van der Waals surface area contributed by atoms with Crippen LogP contribution in [0.4, 0.5) is 8.78 Å². The van der Waals surface area contributed by atoms with Crippen LogP contribution in [-0.4, -0.2) is 11.8 Å². The maximum atomic E-state index is 12.1. The topological polar surface area (TPSA) is 25.2 Å². The number of nitrogens with one attached hydrogen (secondary N) is 1. The van der Waals surface area contributed by atoms with Crippen LogP contribution in [0.2, 0.25) is 0 Å². The van der Waals surface area contributed by atoms with Crippen LogP contribution in [0.3, 0.4) is 0 Å². The monoisotopic (exact) mass is 317 g/mol. The van der Waals surface area contributed by atoms with Crippen molar-refractivity contribution in [3.63, 3.8) is 0 Å². The zero-order valence-corrected chi connectivity index (χ0v) is 13.4. The first kappa shape index (κ1) is 16.8. The van der Waals surface area contributed by atoms with Crippen molar-refractivity contribution < 1.29 is 13.2 Å². The van der Waals surface area contributed by atoms with Crippen molar-refractivity contribution in [3.05, 3.63) is 23.7 Å². The molecular weight excluding hydrogens is 292 g/mol. The zero-order valence-electron chi connectivity index (χ0n) is 12.6. The standard InChI is InChI=1S/C16H25F2NOS/c1-12(13-6-4-2-3-5-7-13)19-10-14-8-9-15(20-14)11-21-16(17)18/h8-9,12-13,16,19H,2-7,10-11H2,1H3/t12-/m0/s1. The van der Waals surface area contributed by atoms with Gasteiger partial charge in [0.05, 0.1) is 12.3 Å². The lowest BCUT2D eigenvalue weighted by Crippen LogP contribution is -2.32. The molecule has 120 valence electrons. The van der Waals surface area contributed by atoms with Gasteiger partial charge in [0.1, 0.15) is 11.5 Å². The molecule has 0 unspecified atom stereocenters. The molecule has 5 heteroatoms. The Morgan fingerprint density at radius 3 is 2.52 bits per heavy atom. The Kier molecular flexibility index (Phi) is 7.04. The fourth-order valence-corrected chi connectivity index (χ4v) is 3.42. The molecule has 1 aromatic rings. The van der Waals surface area contributed by atoms with E-state index < -0.39 is 5.76 Å². The predicted molar refractivity (Wildman–Crippen MR) is 83.5 cm³/mol. The number of furan rings is 1. The van der Waals surface area contributed by atoms with Crippen LogP contribution in [-0.2, 0) is 12.3 Å². The Morgan fingerprint density at radius 1 is 1.19 bits per heavy atom. The molecule has 0 aromatic carbocycles. The fourth-order valence-electron chi connectivity index (χ4n) is 2.98. The van der Waals surface area contributed by atoms with E-state index in [0.717, 1.165) is 11.7 Å². The molecule has 0 radical (unpaired) electrons. The molecule has 2 nitrogen and oxygen atoms in total. The molecule has 1 saturated carbocycles. The third kappa shape index (κ3) is 5.99. The van der Waals surface area contributed by atoms with E-state index in [1.807, 2.05) is 6.07 Å². The van der Waals surface area contributed by atoms with Gasteiger partial charge in [0, 0.05) is 6.04 Å². The van der Waals surface area contributed by atoms with E-state index in [1.54, 1.807) is 6.07 Å². The molecule has 1 aromatic heterocycles. The van der Waals surface area contributed by atoms with Gasteiger partial charge in [0.2, 0.25) is 0 Å². The van der Waals surface area contributed by atoms with E-state index in [4.69, 9.17) is 4.42 Å². The van der Waals surface area contributed by atoms with Gasteiger partial charge in [0.25, 0.3) is 5.76 Å². The van der Waals surface area contributed by atoms with Crippen molar-refractivity contribution >= 4 is 11.8 Å². The number of thioether (sulfide) groups is 1. The molecule has 1 aliphatic rings. The summed E-state index contributed by atoms with van der Waals surface area (Å²) in [5.41, 5.74) is 0. The van der Waals surface area contributed by atoms with Gasteiger partial charge < -0.3 is 9.73 Å². The maximum absolute atomic E-state index is 12.1. The van der Waals surface area contributed by atoms with Gasteiger partial charge in [-0.25, -0.2) is 0 Å². The SMILES string of the molecule is C[C@H](NCc1ccc(CSC(F)F)o1)C1CCCCCC1. The van der Waals surface area contributed by atoms with Crippen LogP contribution in [0, 0.1) is 5.92 Å². The second-order valence-electron chi connectivity index (χ2n) is 5.86. The van der Waals surface area contributed by atoms with E-state index in [2.05, 4.69) is 12.2 Å². The molecule has 2 rings (SSSR count). The largest absolute Gasteiger partial charge is 0.464 e. The average Bonchev–Trinajstić information content (AvgIpc) is 2.74. The Balaban J connectivity index is 1.74. The normalized spacial score (nSPS) is 18.9. The summed E-state index contributed by atoms with van der Waals surface area (Å²) in [5, 5.41) is 3.53. The predicted octanol–water partition coefficient (Wildman–Crippen LogP) is 5.18. The van der Waals surface area contributed by atoms with Crippen molar-refractivity contribution in [1.82, 2.24) is 5.32 Å². The highest BCUT2D eigenvalue weighted by molar-refractivity contribution is 7.98. The first-order valence-corrected chi connectivity index (χ1v) is 8.91. The summed E-state index contributed by atoms with van der Waals surface area (Å²) >= 11 is 0.600. The highest BCUT2D eigenvalue weighted by Gasteiger charge is 2.18. The van der Waals surface area contributed by atoms with Gasteiger partial charge in [-0.1, -0.05) is 37.4 Å². The number of hydrogen-bond donors (Lipinski definition) is 1. The van der Waals surface area contributed by atoms with Gasteiger partial charge >= 0.3 is 0 Å². The molecule has 0 spiro atoms. The highest BCUT2D eigenvalue weighted by atomic mass is 32.2. The first-order chi connectivity index (χ1) is 10.1. The Labute approximate surface area is 130 Å². The molecule has 1 N–H and O–H groups in total. The quantitative estimate of drug-likeness (QED) is 0.701. The lowest BCUT2D eigenvalue weighted by atomic mass is 9.93. The number of alkyl halides is 2. The maximum Gasteiger partial charge on any atom is 0.284 e. The Morgan fingerprint density at radius 2 is 1.86 bits per heavy atom. The van der Waals surface area contributed by atoms with Crippen LogP contribution in [0.15, 0.2) is 16.5 Å². The zero-order chi connectivity index (χ0) is 15.1. The summed E-state index contributed by atoms with van der Waals surface area (Å²) in [4.78, 5) is 0. The first-order valence-electron chi connectivity index (χ1n) is 7.86. The molecule has 1 fully saturated rings. The Bertz CT molecular complexity index is 403. The van der Waals surface area contributed by atoms with E-state index in [-0.39, 0.29) is 5.75 Å². The number of hydrogen-bond acceptors (Lipinski definition) is 3. The van der Waals surface area contributed by atoms with Crippen LogP contribution in [0.1, 0.15) is 57.0 Å². The van der Waals surface area contributed by atoms with Crippen LogP contribution < -0.4 is 5.32 Å². The van der Waals surface area contributed by atoms with Crippen molar-refractivity contribution in [3.8, 4) is 0 Å². The lowest BCUT2D eigenvalue weighted by Gasteiger charge is -2.23. The van der Waals surface area contributed by atoms with Gasteiger partial charge in [-0.05, 0) is 37.8 Å². The van der Waals surface area contributed by atoms with E-state index in [1.165, 1.54) is 38.5 Å². The van der Waals surface area contributed by atoms with Gasteiger partial charge in [0.15, 0.2) is 0 Å². The highest BCUT2D eigenvalue weighted by Crippen LogP contribution is 2.26. The summed E-state index contributed by atoms with van der Waals surface area (Å²) in [5.74, 6) is 0.0957. The van der Waals surface area contributed by atoms with Gasteiger partial charge in [-0.15, -0.1) is 0 Å². The van der Waals surface area contributed by atoms with Crippen molar-refractivity contribution in [2.75, 3.05) is 0 Å². The second-order valence-corrected chi connectivity index (χ2v) is 6.84. The minimum Gasteiger partial charge on any atom is -0.464 e. The molecular formula is C16H25F2NOS. The number of halogens is 2. The molecule has 1 heterocycles. The second kappa shape index (κ2) is 8.79. The molecule has 1 atom stereocenters. The third-order valence-corrected chi connectivity index (χ3v) is 4.98. The van der Waals surface area contributed by atoms with Crippen LogP contribution >= 0.6 is 11.8 Å². The van der Waals surface area contributed by atoms with Crippen LogP contribution in [0.5, 0.6) is 0 Å². The fraction of sp³-hybridized carbons (Fsp3) is 0.750. The third-order valence-electron chi connectivity index (χ3n) is 4.27. The van der Waals surface area contributed by atoms with E-state index in [9.17, 15) is 8.78 Å². The summed E-state index contributed by atoms with van der Waals surface area (Å²) in [7, 11) is 0. The van der Waals surface area contributed by atoms with Crippen molar-refractivity contribution in [2.45, 2.75) is 69.5 Å². The van der Waals surface area contributed by atoms with E-state index >= 15 is 0 Å². The summed E-state index contributed by atoms with van der Waals surface area (Å²) < 4.78 is 29.8. The molecule has 0 aliphatic heterocycles. The summed E-state index contributed by atoms with van der Waals surface area (Å²) in [6.45, 7) is 2.92. The average molecular weight is 317 g/mol. The van der Waals surface area contributed by atoms with Crippen molar-refractivity contribution in [2.24, 2.45) is 5.92 Å². The number of rotatable bonds is 7. The molecule has 1 aliphatic carbocycles. The molecule has 21 heavy (non-hydrogen) atoms. The van der Waals surface area contributed by atoms with Gasteiger partial charge in [-0.3, -0.25) is 0 Å². The molecule has 0 bridgehead atoms. The van der Waals surface area contributed by atoms with Crippen LogP contribution in [0.25, 0.3) is 0 Å². The molecule has 0 amide bonds. The Hall–Kier alpha value is -0.550. The van der Waals surface area contributed by atoms with Gasteiger partial charge in [-0.2, -0.15) is 8.78 Å². The minimum atomic E-state index is -2.34. The smallest absolute Gasteiger partial charge is 0.284 e. The summed E-state index contributed by atoms with van der Waals surface area (Å²) in [6.07, 6.45) is 8.03. The summed E-state index contributed by atoms with van der Waals surface area (Å²) in [6, 6.07) is 4.16. The lowest BCUT2D eigenvalue weighted by molar-refractivity contribution is 0.251. The minimum absolute atomic E-state index is 0.232. The van der Waals surface area contributed by atoms with E-state index in [0.29, 0.717) is 30.1 Å². The van der Waals surface area contributed by atoms with Crippen molar-refractivity contribution in [1.29, 1.82) is 0 Å². The molecule has 0 saturated heterocycles.